The Balaban J connectivity index is 0.00000141. The maximum atomic E-state index is 13.4. The summed E-state index contributed by atoms with van der Waals surface area (Å²) in [7, 11) is 1.53. The standard InChI is InChI=1S/C26H14F3NO3.C2H6/c1-3-13(12-30)22-19-9-8-17-16-6-5-15(33-26(27,28)29)11-21(16)25(31)24(17)23(19)18-7-4-14(32-2)10-20(18)22;1-2/h1,4-11,13,22H,2H3;1-2H3. The van der Waals surface area contributed by atoms with Gasteiger partial charge < -0.3 is 9.47 Å². The first-order valence-electron chi connectivity index (χ1n) is 10.9. The van der Waals surface area contributed by atoms with Crippen molar-refractivity contribution < 1.29 is 27.4 Å². The molecule has 0 spiro atoms. The summed E-state index contributed by atoms with van der Waals surface area (Å²) in [6.45, 7) is 4.00. The maximum absolute atomic E-state index is 13.4. The summed E-state index contributed by atoms with van der Waals surface area (Å²) in [5.74, 6) is 1.01. The number of ether oxygens (including phenoxy) is 2. The number of methoxy groups -OCH3 is 1. The van der Waals surface area contributed by atoms with Gasteiger partial charge in [-0.1, -0.05) is 38.0 Å². The molecule has 0 N–H and O–H groups in total. The second-order valence-corrected chi connectivity index (χ2v) is 7.74. The number of benzene rings is 3. The molecule has 0 amide bonds. The van der Waals surface area contributed by atoms with E-state index in [1.165, 1.54) is 19.2 Å². The van der Waals surface area contributed by atoms with Crippen LogP contribution in [0.25, 0.3) is 22.3 Å². The van der Waals surface area contributed by atoms with Crippen LogP contribution in [0.2, 0.25) is 0 Å². The molecule has 176 valence electrons. The van der Waals surface area contributed by atoms with Crippen molar-refractivity contribution in [3.8, 4) is 52.2 Å². The van der Waals surface area contributed by atoms with Gasteiger partial charge in [-0.2, -0.15) is 5.26 Å². The summed E-state index contributed by atoms with van der Waals surface area (Å²) in [5, 5.41) is 9.68. The molecule has 0 bridgehead atoms. The SMILES string of the molecule is C#CC(C#N)C1c2cc(OC)ccc2-c2c1ccc1c2C(=O)c2cc(OC(F)(F)F)ccc2-1.CC. The van der Waals surface area contributed by atoms with Crippen LogP contribution in [-0.4, -0.2) is 19.3 Å². The van der Waals surface area contributed by atoms with Crippen molar-refractivity contribution in [2.45, 2.75) is 26.1 Å². The number of alkyl halides is 3. The van der Waals surface area contributed by atoms with Crippen molar-refractivity contribution in [3.05, 3.63) is 70.8 Å². The molecule has 4 nitrogen and oxygen atoms in total. The maximum Gasteiger partial charge on any atom is 0.573 e. The van der Waals surface area contributed by atoms with E-state index in [2.05, 4.69) is 16.7 Å². The van der Waals surface area contributed by atoms with Gasteiger partial charge in [0.1, 0.15) is 17.4 Å². The van der Waals surface area contributed by atoms with E-state index in [1.54, 1.807) is 18.2 Å². The van der Waals surface area contributed by atoms with Crippen LogP contribution >= 0.6 is 0 Å². The molecule has 0 fully saturated rings. The van der Waals surface area contributed by atoms with Crippen molar-refractivity contribution >= 4 is 5.78 Å². The van der Waals surface area contributed by atoms with Crippen LogP contribution in [0, 0.1) is 29.6 Å². The van der Waals surface area contributed by atoms with Gasteiger partial charge in [0, 0.05) is 17.0 Å². The van der Waals surface area contributed by atoms with Crippen molar-refractivity contribution in [2.75, 3.05) is 7.11 Å². The van der Waals surface area contributed by atoms with E-state index in [1.807, 2.05) is 26.0 Å². The summed E-state index contributed by atoms with van der Waals surface area (Å²) in [5.41, 5.74) is 4.55. The fourth-order valence-corrected chi connectivity index (χ4v) is 4.79. The molecule has 35 heavy (non-hydrogen) atoms. The molecule has 0 saturated carbocycles. The lowest BCUT2D eigenvalue weighted by Gasteiger charge is -2.16. The highest BCUT2D eigenvalue weighted by molar-refractivity contribution is 6.25. The molecule has 0 heterocycles. The average molecular weight is 475 g/mol. The zero-order valence-corrected chi connectivity index (χ0v) is 19.2. The number of hydrogen-bond acceptors (Lipinski definition) is 4. The molecule has 0 aromatic heterocycles. The van der Waals surface area contributed by atoms with Gasteiger partial charge in [0.15, 0.2) is 5.78 Å². The van der Waals surface area contributed by atoms with E-state index in [0.717, 1.165) is 22.8 Å². The first-order chi connectivity index (χ1) is 16.8. The third kappa shape index (κ3) is 3.80. The fourth-order valence-electron chi connectivity index (χ4n) is 4.79. The number of halogens is 3. The Kier molecular flexibility index (Phi) is 6.05. The minimum Gasteiger partial charge on any atom is -0.497 e. The van der Waals surface area contributed by atoms with Crippen LogP contribution in [0.3, 0.4) is 0 Å². The second kappa shape index (κ2) is 8.85. The van der Waals surface area contributed by atoms with Crippen molar-refractivity contribution in [3.63, 3.8) is 0 Å². The highest BCUT2D eigenvalue weighted by Gasteiger charge is 2.41. The van der Waals surface area contributed by atoms with Gasteiger partial charge in [0.2, 0.25) is 0 Å². The van der Waals surface area contributed by atoms with Crippen LogP contribution in [-0.2, 0) is 0 Å². The third-order valence-electron chi connectivity index (χ3n) is 6.07. The minimum atomic E-state index is -4.86. The van der Waals surface area contributed by atoms with Crippen LogP contribution in [0.4, 0.5) is 13.2 Å². The van der Waals surface area contributed by atoms with Crippen LogP contribution < -0.4 is 9.47 Å². The molecule has 2 atom stereocenters. The topological polar surface area (TPSA) is 59.3 Å². The smallest absolute Gasteiger partial charge is 0.497 e. The molecule has 2 aliphatic carbocycles. The van der Waals surface area contributed by atoms with Gasteiger partial charge in [0.05, 0.1) is 13.2 Å². The Morgan fingerprint density at radius 3 is 2.20 bits per heavy atom. The lowest BCUT2D eigenvalue weighted by atomic mass is 9.84. The molecule has 2 unspecified atom stereocenters. The zero-order chi connectivity index (χ0) is 25.5. The second-order valence-electron chi connectivity index (χ2n) is 7.74. The monoisotopic (exact) mass is 475 g/mol. The van der Waals surface area contributed by atoms with Gasteiger partial charge in [-0.25, -0.2) is 0 Å². The van der Waals surface area contributed by atoms with Gasteiger partial charge >= 0.3 is 6.36 Å². The Hall–Kier alpha value is -4.23. The molecule has 7 heteroatoms. The average Bonchev–Trinajstić information content (AvgIpc) is 3.32. The molecular formula is C28H20F3NO3. The van der Waals surface area contributed by atoms with Crippen molar-refractivity contribution in [1.82, 2.24) is 0 Å². The predicted octanol–water partition coefficient (Wildman–Crippen LogP) is 6.72. The van der Waals surface area contributed by atoms with Gasteiger partial charge in [0.25, 0.3) is 0 Å². The molecule has 0 radical (unpaired) electrons. The largest absolute Gasteiger partial charge is 0.573 e. The fraction of sp³-hybridized carbons (Fsp3) is 0.214. The van der Waals surface area contributed by atoms with E-state index < -0.39 is 29.7 Å². The lowest BCUT2D eigenvalue weighted by molar-refractivity contribution is -0.274. The lowest BCUT2D eigenvalue weighted by Crippen LogP contribution is -2.17. The van der Waals surface area contributed by atoms with Crippen LogP contribution in [0.15, 0.2) is 48.5 Å². The molecule has 0 saturated heterocycles. The molecular weight excluding hydrogens is 455 g/mol. The number of fused-ring (bicyclic) bond motifs is 7. The Morgan fingerprint density at radius 1 is 0.914 bits per heavy atom. The van der Waals surface area contributed by atoms with E-state index in [4.69, 9.17) is 11.2 Å². The van der Waals surface area contributed by atoms with E-state index in [-0.39, 0.29) is 5.56 Å². The summed E-state index contributed by atoms with van der Waals surface area (Å²) in [6, 6.07) is 14.9. The summed E-state index contributed by atoms with van der Waals surface area (Å²) < 4.78 is 47.4. The Bertz CT molecular complexity index is 1410. The minimum absolute atomic E-state index is 0.132. The number of terminal acetylenes is 1. The van der Waals surface area contributed by atoms with Crippen molar-refractivity contribution in [1.29, 1.82) is 5.26 Å². The number of hydrogen-bond donors (Lipinski definition) is 0. The first-order valence-corrected chi connectivity index (χ1v) is 10.9. The normalized spacial score (nSPS) is 15.3. The number of rotatable bonds is 3. The summed E-state index contributed by atoms with van der Waals surface area (Å²) in [6.07, 6.45) is 0.783. The quantitative estimate of drug-likeness (QED) is 0.309. The highest BCUT2D eigenvalue weighted by atomic mass is 19.4. The van der Waals surface area contributed by atoms with E-state index in [9.17, 15) is 23.2 Å². The summed E-state index contributed by atoms with van der Waals surface area (Å²) >= 11 is 0. The number of nitrogens with zero attached hydrogens (tertiary/aromatic N) is 1. The highest BCUT2D eigenvalue weighted by Crippen LogP contribution is 2.54. The van der Waals surface area contributed by atoms with Gasteiger partial charge in [-0.15, -0.1) is 19.6 Å². The number of carbonyl (C=O) groups excluding carboxylic acids is 1. The van der Waals surface area contributed by atoms with Crippen LogP contribution in [0.5, 0.6) is 11.5 Å². The van der Waals surface area contributed by atoms with E-state index in [0.29, 0.717) is 28.0 Å². The number of nitriles is 1. The van der Waals surface area contributed by atoms with E-state index >= 15 is 0 Å². The first kappa shape index (κ1) is 23.9. The van der Waals surface area contributed by atoms with Gasteiger partial charge in [-0.05, 0) is 63.7 Å². The van der Waals surface area contributed by atoms with Gasteiger partial charge in [-0.3, -0.25) is 4.79 Å². The summed E-state index contributed by atoms with van der Waals surface area (Å²) in [4.78, 5) is 13.4. The third-order valence-corrected chi connectivity index (χ3v) is 6.07. The van der Waals surface area contributed by atoms with Crippen LogP contribution in [0.1, 0.15) is 46.8 Å². The molecule has 3 aromatic rings. The molecule has 3 aromatic carbocycles. The number of carbonyl (C=O) groups is 1. The zero-order valence-electron chi connectivity index (χ0n) is 19.2. The molecule has 2 aliphatic rings. The Morgan fingerprint density at radius 2 is 1.57 bits per heavy atom. The Labute approximate surface area is 200 Å². The molecule has 0 aliphatic heterocycles. The van der Waals surface area contributed by atoms with Crippen molar-refractivity contribution in [2.24, 2.45) is 5.92 Å². The predicted molar refractivity (Wildman–Crippen MR) is 125 cm³/mol. The number of ketones is 1. The molecule has 5 rings (SSSR count).